The van der Waals surface area contributed by atoms with E-state index in [2.05, 4.69) is 54.8 Å². The fraction of sp³-hybridized carbons (Fsp3) is 0.538. The Bertz CT molecular complexity index is 483. The molecule has 106 valence electrons. The summed E-state index contributed by atoms with van der Waals surface area (Å²) in [6.45, 7) is 10.7. The first-order chi connectivity index (χ1) is 8.58. The largest absolute Gasteiger partial charge is 0.542 e. The zero-order valence-electron chi connectivity index (χ0n) is 12.2. The van der Waals surface area contributed by atoms with Gasteiger partial charge in [-0.1, -0.05) is 20.8 Å². The average Bonchev–Trinajstić information content (AvgIpc) is 2.28. The van der Waals surface area contributed by atoms with Gasteiger partial charge in [0.15, 0.2) is 5.69 Å². The van der Waals surface area contributed by atoms with Gasteiger partial charge in [-0.15, -0.1) is 0 Å². The summed E-state index contributed by atoms with van der Waals surface area (Å²) >= 11 is 3.25. The molecule has 6 heteroatoms. The van der Waals surface area contributed by atoms with E-state index >= 15 is 0 Å². The van der Waals surface area contributed by atoms with Gasteiger partial charge in [-0.3, -0.25) is 0 Å². The van der Waals surface area contributed by atoms with Crippen LogP contribution in [0.3, 0.4) is 0 Å². The van der Waals surface area contributed by atoms with Crippen LogP contribution in [0, 0.1) is 0 Å². The van der Waals surface area contributed by atoms with Crippen molar-refractivity contribution < 1.29 is 14.0 Å². The maximum atomic E-state index is 11.8. The van der Waals surface area contributed by atoms with E-state index in [-0.39, 0.29) is 10.7 Å². The molecule has 0 aliphatic carbocycles. The van der Waals surface area contributed by atoms with E-state index in [9.17, 15) is 4.79 Å². The van der Waals surface area contributed by atoms with Gasteiger partial charge in [0.25, 0.3) is 8.32 Å². The molecule has 0 aliphatic heterocycles. The smallest absolute Gasteiger partial charge is 0.360 e. The topological polar surface area (TPSA) is 48.4 Å². The summed E-state index contributed by atoms with van der Waals surface area (Å²) in [5.41, 5.74) is 0.210. The molecule has 0 aliphatic rings. The Labute approximate surface area is 123 Å². The number of carbonyl (C=O) groups excluding carboxylic acids is 1. The molecule has 0 amide bonds. The highest BCUT2D eigenvalue weighted by molar-refractivity contribution is 9.10. The number of nitrogens with zero attached hydrogens (tertiary/aromatic N) is 1. The number of ether oxygens (including phenoxy) is 1. The molecule has 0 saturated carbocycles. The zero-order chi connectivity index (χ0) is 14.8. The van der Waals surface area contributed by atoms with Crippen LogP contribution in [0.5, 0.6) is 5.75 Å². The van der Waals surface area contributed by atoms with Crippen LogP contribution in [-0.2, 0) is 4.74 Å². The lowest BCUT2D eigenvalue weighted by Gasteiger charge is -2.36. The van der Waals surface area contributed by atoms with Gasteiger partial charge >= 0.3 is 5.97 Å². The van der Waals surface area contributed by atoms with E-state index in [0.717, 1.165) is 0 Å². The molecular formula is C13H20BrNO3Si. The van der Waals surface area contributed by atoms with Crippen molar-refractivity contribution in [2.45, 2.75) is 38.9 Å². The molecule has 4 nitrogen and oxygen atoms in total. The Balaban J connectivity index is 3.18. The van der Waals surface area contributed by atoms with Crippen LogP contribution in [-0.4, -0.2) is 26.4 Å². The van der Waals surface area contributed by atoms with Crippen molar-refractivity contribution in [3.63, 3.8) is 0 Å². The second-order valence-electron chi connectivity index (χ2n) is 5.83. The van der Waals surface area contributed by atoms with E-state index < -0.39 is 14.3 Å². The normalized spacial score (nSPS) is 12.2. The van der Waals surface area contributed by atoms with Crippen molar-refractivity contribution in [1.29, 1.82) is 0 Å². The van der Waals surface area contributed by atoms with Gasteiger partial charge in [0.05, 0.1) is 7.11 Å². The minimum absolute atomic E-state index is 0.0491. The first kappa shape index (κ1) is 16.2. The maximum Gasteiger partial charge on any atom is 0.360 e. The number of pyridine rings is 1. The fourth-order valence-corrected chi connectivity index (χ4v) is 2.51. The van der Waals surface area contributed by atoms with Crippen LogP contribution in [0.2, 0.25) is 18.1 Å². The summed E-state index contributed by atoms with van der Waals surface area (Å²) in [5.74, 6) is -0.00310. The lowest BCUT2D eigenvalue weighted by Crippen LogP contribution is -2.44. The highest BCUT2D eigenvalue weighted by atomic mass is 79.9. The van der Waals surface area contributed by atoms with Gasteiger partial charge < -0.3 is 9.16 Å². The standard InChI is InChI=1S/C13H20BrNO3Si/c1-13(2,3)19(5,6)18-9-7-8-10(14)15-11(9)12(16)17-4/h7-8H,1-6H3. The summed E-state index contributed by atoms with van der Waals surface area (Å²) < 4.78 is 11.5. The van der Waals surface area contributed by atoms with Crippen molar-refractivity contribution >= 4 is 30.2 Å². The number of esters is 1. The summed E-state index contributed by atoms with van der Waals surface area (Å²) in [6, 6.07) is 3.51. The molecule has 0 aromatic carbocycles. The minimum Gasteiger partial charge on any atom is -0.542 e. The molecule has 1 aromatic rings. The summed E-state index contributed by atoms with van der Waals surface area (Å²) in [6.07, 6.45) is 0. The number of aromatic nitrogens is 1. The summed E-state index contributed by atoms with van der Waals surface area (Å²) in [4.78, 5) is 15.9. The van der Waals surface area contributed by atoms with Gasteiger partial charge in [0, 0.05) is 0 Å². The molecule has 1 rings (SSSR count). The van der Waals surface area contributed by atoms with Crippen molar-refractivity contribution in [3.05, 3.63) is 22.4 Å². The number of carbonyl (C=O) groups is 1. The number of methoxy groups -OCH3 is 1. The number of hydrogen-bond donors (Lipinski definition) is 0. The molecule has 0 bridgehead atoms. The van der Waals surface area contributed by atoms with Gasteiger partial charge in [-0.25, -0.2) is 9.78 Å². The zero-order valence-corrected chi connectivity index (χ0v) is 14.8. The third-order valence-corrected chi connectivity index (χ3v) is 8.16. The van der Waals surface area contributed by atoms with E-state index in [0.29, 0.717) is 10.4 Å². The molecule has 1 heterocycles. The first-order valence-corrected chi connectivity index (χ1v) is 9.72. The Morgan fingerprint density at radius 3 is 2.37 bits per heavy atom. The molecule has 0 saturated heterocycles. The summed E-state index contributed by atoms with van der Waals surface area (Å²) in [7, 11) is -0.682. The quantitative estimate of drug-likeness (QED) is 0.471. The van der Waals surface area contributed by atoms with Crippen molar-refractivity contribution in [2.24, 2.45) is 0 Å². The molecule has 1 aromatic heterocycles. The maximum absolute atomic E-state index is 11.8. The Kier molecular flexibility index (Phi) is 4.79. The molecular weight excluding hydrogens is 326 g/mol. The predicted molar refractivity (Wildman–Crippen MR) is 81.1 cm³/mol. The van der Waals surface area contributed by atoms with E-state index in [1.807, 2.05) is 0 Å². The van der Waals surface area contributed by atoms with E-state index in [4.69, 9.17) is 9.16 Å². The number of hydrogen-bond acceptors (Lipinski definition) is 4. The van der Waals surface area contributed by atoms with Crippen molar-refractivity contribution in [2.75, 3.05) is 7.11 Å². The molecule has 0 unspecified atom stereocenters. The van der Waals surface area contributed by atoms with Crippen LogP contribution >= 0.6 is 15.9 Å². The number of halogens is 1. The Hall–Kier alpha value is -0.883. The van der Waals surface area contributed by atoms with Crippen molar-refractivity contribution in [1.82, 2.24) is 4.98 Å². The highest BCUT2D eigenvalue weighted by Gasteiger charge is 2.40. The first-order valence-electron chi connectivity index (χ1n) is 6.02. The molecule has 0 N–H and O–H groups in total. The highest BCUT2D eigenvalue weighted by Crippen LogP contribution is 2.38. The van der Waals surface area contributed by atoms with Crippen LogP contribution in [0.4, 0.5) is 0 Å². The lowest BCUT2D eigenvalue weighted by atomic mass is 10.2. The third kappa shape index (κ3) is 3.79. The number of rotatable bonds is 3. The molecule has 19 heavy (non-hydrogen) atoms. The Morgan fingerprint density at radius 2 is 1.89 bits per heavy atom. The Morgan fingerprint density at radius 1 is 1.32 bits per heavy atom. The van der Waals surface area contributed by atoms with E-state index in [1.54, 1.807) is 12.1 Å². The monoisotopic (exact) mass is 345 g/mol. The van der Waals surface area contributed by atoms with Gasteiger partial charge in [-0.05, 0) is 46.2 Å². The van der Waals surface area contributed by atoms with Gasteiger partial charge in [-0.2, -0.15) is 0 Å². The van der Waals surface area contributed by atoms with Gasteiger partial charge in [0.2, 0.25) is 0 Å². The van der Waals surface area contributed by atoms with Crippen LogP contribution < -0.4 is 4.43 Å². The SMILES string of the molecule is COC(=O)c1nc(Br)ccc1O[Si](C)(C)C(C)(C)C. The molecule has 0 atom stereocenters. The van der Waals surface area contributed by atoms with Crippen LogP contribution in [0.15, 0.2) is 16.7 Å². The minimum atomic E-state index is -2.02. The third-order valence-electron chi connectivity index (χ3n) is 3.37. The lowest BCUT2D eigenvalue weighted by molar-refractivity contribution is 0.0591. The van der Waals surface area contributed by atoms with Crippen LogP contribution in [0.25, 0.3) is 0 Å². The van der Waals surface area contributed by atoms with E-state index in [1.165, 1.54) is 7.11 Å². The van der Waals surface area contributed by atoms with Gasteiger partial charge in [0.1, 0.15) is 10.4 Å². The van der Waals surface area contributed by atoms with Crippen molar-refractivity contribution in [3.8, 4) is 5.75 Å². The summed E-state index contributed by atoms with van der Waals surface area (Å²) in [5, 5.41) is 0.0491. The molecule has 0 fully saturated rings. The fourth-order valence-electron chi connectivity index (χ4n) is 1.18. The predicted octanol–water partition coefficient (Wildman–Crippen LogP) is 4.01. The van der Waals surface area contributed by atoms with Crippen LogP contribution in [0.1, 0.15) is 31.3 Å². The second kappa shape index (κ2) is 5.62. The second-order valence-corrected chi connectivity index (χ2v) is 11.4. The average molecular weight is 346 g/mol. The molecule has 0 radical (unpaired) electrons. The molecule has 0 spiro atoms.